The molecule has 2 heterocycles. The maximum absolute atomic E-state index is 13.5. The molecule has 5 rings (SSSR count). The molecule has 0 spiro atoms. The molecule has 0 bridgehead atoms. The molecule has 0 saturated carbocycles. The number of alkyl halides is 3. The van der Waals surface area contributed by atoms with E-state index in [0.717, 1.165) is 34.2 Å². The Morgan fingerprint density at radius 1 is 0.879 bits per heavy atom. The Balaban J connectivity index is 1.70. The lowest BCUT2D eigenvalue weighted by Crippen LogP contribution is -2.23. The number of hydrogen-bond donors (Lipinski definition) is 0. The van der Waals surface area contributed by atoms with Gasteiger partial charge in [0.2, 0.25) is 0 Å². The van der Waals surface area contributed by atoms with E-state index in [9.17, 15) is 18.0 Å². The minimum Gasteiger partial charge on any atom is -0.330 e. The molecule has 5 aromatic rings. The highest BCUT2D eigenvalue weighted by Crippen LogP contribution is 2.31. The van der Waals surface area contributed by atoms with Gasteiger partial charge >= 0.3 is 6.18 Å². The van der Waals surface area contributed by atoms with Crippen molar-refractivity contribution in [2.24, 2.45) is 0 Å². The third-order valence-electron chi connectivity index (χ3n) is 5.77. The van der Waals surface area contributed by atoms with E-state index in [-0.39, 0.29) is 12.1 Å². The van der Waals surface area contributed by atoms with Gasteiger partial charge in [-0.3, -0.25) is 9.36 Å². The zero-order chi connectivity index (χ0) is 23.2. The first-order chi connectivity index (χ1) is 15.8. The summed E-state index contributed by atoms with van der Waals surface area (Å²) < 4.78 is 43.1. The second-order valence-corrected chi connectivity index (χ2v) is 8.17. The van der Waals surface area contributed by atoms with Gasteiger partial charge in [-0.25, -0.2) is 4.98 Å². The van der Waals surface area contributed by atoms with Crippen LogP contribution in [0.15, 0.2) is 83.9 Å². The Bertz CT molecular complexity index is 1530. The summed E-state index contributed by atoms with van der Waals surface area (Å²) in [6.45, 7) is 2.43. The van der Waals surface area contributed by atoms with Gasteiger partial charge in [0.05, 0.1) is 24.0 Å². The predicted molar refractivity (Wildman–Crippen MR) is 122 cm³/mol. The number of aromatic nitrogens is 3. The summed E-state index contributed by atoms with van der Waals surface area (Å²) in [7, 11) is 0. The van der Waals surface area contributed by atoms with Crippen molar-refractivity contribution < 1.29 is 13.2 Å². The van der Waals surface area contributed by atoms with Crippen LogP contribution in [-0.4, -0.2) is 14.1 Å². The Hall–Kier alpha value is -3.87. The quantitative estimate of drug-likeness (QED) is 0.351. The van der Waals surface area contributed by atoms with E-state index in [1.54, 1.807) is 10.6 Å². The molecule has 7 heteroatoms. The Kier molecular flexibility index (Phi) is 5.04. The Labute approximate surface area is 187 Å². The molecule has 2 aromatic heterocycles. The van der Waals surface area contributed by atoms with E-state index in [1.807, 2.05) is 55.5 Å². The van der Waals surface area contributed by atoms with Crippen LogP contribution in [-0.2, 0) is 19.3 Å². The van der Waals surface area contributed by atoms with Crippen LogP contribution in [0.5, 0.6) is 0 Å². The van der Waals surface area contributed by atoms with Crippen molar-refractivity contribution in [3.8, 4) is 0 Å². The smallest absolute Gasteiger partial charge is 0.330 e. The molecule has 0 aliphatic heterocycles. The van der Waals surface area contributed by atoms with Crippen molar-refractivity contribution >= 4 is 21.9 Å². The molecule has 3 aromatic carbocycles. The lowest BCUT2D eigenvalue weighted by molar-refractivity contribution is -0.137. The zero-order valence-electron chi connectivity index (χ0n) is 17.8. The fourth-order valence-electron chi connectivity index (χ4n) is 4.20. The van der Waals surface area contributed by atoms with E-state index < -0.39 is 11.7 Å². The fraction of sp³-hybridized carbons (Fsp3) is 0.154. The number of rotatable bonds is 4. The largest absolute Gasteiger partial charge is 0.416 e. The number of hydrogen-bond acceptors (Lipinski definition) is 2. The van der Waals surface area contributed by atoms with Crippen LogP contribution in [0.2, 0.25) is 0 Å². The molecule has 0 saturated heterocycles. The number of halogens is 3. The maximum atomic E-state index is 13.5. The summed E-state index contributed by atoms with van der Waals surface area (Å²) in [4.78, 5) is 18.1. The van der Waals surface area contributed by atoms with Gasteiger partial charge in [-0.2, -0.15) is 13.2 Å². The number of nitrogens with zero attached hydrogens (tertiary/aromatic N) is 3. The van der Waals surface area contributed by atoms with Crippen LogP contribution in [0.1, 0.15) is 22.3 Å². The van der Waals surface area contributed by atoms with E-state index in [0.29, 0.717) is 23.1 Å². The molecule has 0 aliphatic carbocycles. The van der Waals surface area contributed by atoms with Gasteiger partial charge in [0.25, 0.3) is 5.56 Å². The topological polar surface area (TPSA) is 39.8 Å². The average Bonchev–Trinajstić information content (AvgIpc) is 3.09. The minimum absolute atomic E-state index is 0.124. The summed E-state index contributed by atoms with van der Waals surface area (Å²) in [6, 6.07) is 20.5. The van der Waals surface area contributed by atoms with Crippen LogP contribution in [0.3, 0.4) is 0 Å². The highest BCUT2D eigenvalue weighted by atomic mass is 19.4. The van der Waals surface area contributed by atoms with Gasteiger partial charge in [0.1, 0.15) is 11.0 Å². The van der Waals surface area contributed by atoms with Gasteiger partial charge in [-0.1, -0.05) is 54.1 Å². The molecule has 4 nitrogen and oxygen atoms in total. The van der Waals surface area contributed by atoms with E-state index in [4.69, 9.17) is 0 Å². The predicted octanol–water partition coefficient (Wildman–Crippen LogP) is 5.78. The molecule has 0 N–H and O–H groups in total. The van der Waals surface area contributed by atoms with Gasteiger partial charge in [-0.05, 0) is 42.3 Å². The average molecular weight is 447 g/mol. The minimum atomic E-state index is -4.43. The molecule has 0 amide bonds. The highest BCUT2D eigenvalue weighted by molar-refractivity contribution is 6.05. The van der Waals surface area contributed by atoms with Crippen LogP contribution in [0.4, 0.5) is 13.2 Å². The monoisotopic (exact) mass is 447 g/mol. The van der Waals surface area contributed by atoms with Crippen molar-refractivity contribution in [1.82, 2.24) is 14.1 Å². The SMILES string of the molecule is Cc1ccc2c(c1)c1ncn(Cc3ccccc3)c(=O)c1n2Cc1cccc(C(F)(F)F)c1. The second kappa shape index (κ2) is 7.92. The summed E-state index contributed by atoms with van der Waals surface area (Å²) in [6.07, 6.45) is -2.90. The first kappa shape index (κ1) is 21.0. The number of benzene rings is 3. The molecule has 0 aliphatic rings. The van der Waals surface area contributed by atoms with Crippen molar-refractivity contribution in [2.75, 3.05) is 0 Å². The Morgan fingerprint density at radius 2 is 1.64 bits per heavy atom. The molecular formula is C26H20F3N3O. The van der Waals surface area contributed by atoms with Gasteiger partial charge in [0.15, 0.2) is 0 Å². The van der Waals surface area contributed by atoms with Crippen LogP contribution >= 0.6 is 0 Å². The summed E-state index contributed by atoms with van der Waals surface area (Å²) >= 11 is 0. The van der Waals surface area contributed by atoms with Crippen molar-refractivity contribution in [2.45, 2.75) is 26.2 Å². The van der Waals surface area contributed by atoms with Gasteiger partial charge < -0.3 is 4.57 Å². The van der Waals surface area contributed by atoms with Crippen molar-refractivity contribution in [3.63, 3.8) is 0 Å². The number of fused-ring (bicyclic) bond motifs is 3. The third kappa shape index (κ3) is 3.91. The van der Waals surface area contributed by atoms with E-state index in [1.165, 1.54) is 17.0 Å². The molecule has 166 valence electrons. The lowest BCUT2D eigenvalue weighted by Gasteiger charge is -2.12. The summed E-state index contributed by atoms with van der Waals surface area (Å²) in [5, 5.41) is 0.806. The van der Waals surface area contributed by atoms with Gasteiger partial charge in [-0.15, -0.1) is 0 Å². The molecule has 33 heavy (non-hydrogen) atoms. The molecule has 0 unspecified atom stereocenters. The van der Waals surface area contributed by atoms with E-state index >= 15 is 0 Å². The highest BCUT2D eigenvalue weighted by Gasteiger charge is 2.30. The standard InChI is InChI=1S/C26H20F3N3O/c1-17-10-11-22-21(12-17)23-24(25(33)31(16-30-23)14-18-6-3-2-4-7-18)32(22)15-19-8-5-9-20(13-19)26(27,28)29/h2-13,16H,14-15H2,1H3. The summed E-state index contributed by atoms with van der Waals surface area (Å²) in [5.41, 5.74) is 3.17. The summed E-state index contributed by atoms with van der Waals surface area (Å²) in [5.74, 6) is 0. The molecule has 0 radical (unpaired) electrons. The molecular weight excluding hydrogens is 427 g/mol. The fourth-order valence-corrected chi connectivity index (χ4v) is 4.20. The van der Waals surface area contributed by atoms with Crippen molar-refractivity contribution in [3.05, 3.63) is 112 Å². The van der Waals surface area contributed by atoms with Crippen molar-refractivity contribution in [1.29, 1.82) is 0 Å². The zero-order valence-corrected chi connectivity index (χ0v) is 17.8. The van der Waals surface area contributed by atoms with Crippen LogP contribution in [0, 0.1) is 6.92 Å². The van der Waals surface area contributed by atoms with E-state index in [2.05, 4.69) is 4.98 Å². The maximum Gasteiger partial charge on any atom is 0.416 e. The van der Waals surface area contributed by atoms with Crippen LogP contribution in [0.25, 0.3) is 21.9 Å². The first-order valence-corrected chi connectivity index (χ1v) is 10.5. The lowest BCUT2D eigenvalue weighted by atomic mass is 10.1. The molecule has 0 fully saturated rings. The van der Waals surface area contributed by atoms with Crippen LogP contribution < -0.4 is 5.56 Å². The number of aryl methyl sites for hydroxylation is 1. The first-order valence-electron chi connectivity index (χ1n) is 10.5. The second-order valence-electron chi connectivity index (χ2n) is 8.17. The van der Waals surface area contributed by atoms with Gasteiger partial charge in [0, 0.05) is 11.9 Å². The Morgan fingerprint density at radius 3 is 2.39 bits per heavy atom. The normalized spacial score (nSPS) is 12.0. The third-order valence-corrected chi connectivity index (χ3v) is 5.77. The molecule has 0 atom stereocenters.